The van der Waals surface area contributed by atoms with E-state index in [1.807, 2.05) is 89.2 Å². The fourth-order valence-electron chi connectivity index (χ4n) is 5.19. The first-order chi connectivity index (χ1) is 21.7. The van der Waals surface area contributed by atoms with Crippen molar-refractivity contribution in [2.24, 2.45) is 0 Å². The molecular weight excluding hydrogens is 591 g/mol. The predicted molar refractivity (Wildman–Crippen MR) is 172 cm³/mol. The Balaban J connectivity index is 1.51. The van der Waals surface area contributed by atoms with Gasteiger partial charge in [0.15, 0.2) is 0 Å². The average Bonchev–Trinajstić information content (AvgIpc) is 3.50. The first-order valence-corrected chi connectivity index (χ1v) is 15.0. The molecule has 0 unspecified atom stereocenters. The first-order valence-electron chi connectivity index (χ1n) is 15.0. The van der Waals surface area contributed by atoms with Crippen LogP contribution in [0.1, 0.15) is 70.7 Å². The van der Waals surface area contributed by atoms with Crippen LogP contribution in [0, 0.1) is 13.8 Å². The fourth-order valence-corrected chi connectivity index (χ4v) is 5.19. The molecule has 6 nitrogen and oxygen atoms in total. The van der Waals surface area contributed by atoms with Crippen LogP contribution in [0.15, 0.2) is 89.6 Å². The second kappa shape index (κ2) is 12.5. The molecule has 3 heterocycles. The van der Waals surface area contributed by atoms with E-state index in [-0.39, 0.29) is 24.6 Å². The van der Waals surface area contributed by atoms with E-state index in [0.717, 1.165) is 39.6 Å². The normalized spacial score (nSPS) is 12.0. The van der Waals surface area contributed by atoms with Crippen LogP contribution in [0.4, 0.5) is 13.2 Å². The maximum absolute atomic E-state index is 14.3. The Labute approximate surface area is 266 Å². The molecule has 0 aliphatic carbocycles. The van der Waals surface area contributed by atoms with E-state index in [1.54, 1.807) is 6.07 Å². The number of benzene rings is 2. The van der Waals surface area contributed by atoms with E-state index >= 15 is 0 Å². The zero-order valence-corrected chi connectivity index (χ0v) is 26.5. The van der Waals surface area contributed by atoms with Gasteiger partial charge in [0.25, 0.3) is 5.91 Å². The standard InChI is InChI=1S/C37H36F3N3O3/c1-7-29-19-31(34-32(42-29)17-22(2)23(3)41-34)35(45)43(21-30-15-16-33(46-30)37(38,39)40)20-25-11-13-26(14-12-25)27-9-8-10-28(18-27)36(5,6)24(4)44/h8-19,44H,4,7,20-21H2,1-3,5-6H3. The van der Waals surface area contributed by atoms with E-state index in [9.17, 15) is 23.1 Å². The summed E-state index contributed by atoms with van der Waals surface area (Å²) in [4.78, 5) is 25.1. The molecule has 2 aromatic carbocycles. The van der Waals surface area contributed by atoms with Crippen LogP contribution in [-0.4, -0.2) is 25.9 Å². The van der Waals surface area contributed by atoms with Crippen LogP contribution in [0.5, 0.6) is 0 Å². The Morgan fingerprint density at radius 2 is 1.65 bits per heavy atom. The number of pyridine rings is 2. The van der Waals surface area contributed by atoms with E-state index in [0.29, 0.717) is 28.7 Å². The number of aryl methyl sites for hydroxylation is 3. The summed E-state index contributed by atoms with van der Waals surface area (Å²) in [7, 11) is 0. The molecule has 0 fully saturated rings. The minimum absolute atomic E-state index is 0.0104. The second-order valence-electron chi connectivity index (χ2n) is 12.0. The van der Waals surface area contributed by atoms with Gasteiger partial charge in [0.2, 0.25) is 5.76 Å². The predicted octanol–water partition coefficient (Wildman–Crippen LogP) is 9.28. The number of hydrogen-bond donors (Lipinski definition) is 1. The third kappa shape index (κ3) is 6.68. The summed E-state index contributed by atoms with van der Waals surface area (Å²) >= 11 is 0. The maximum atomic E-state index is 14.3. The highest BCUT2D eigenvalue weighted by Gasteiger charge is 2.35. The van der Waals surface area contributed by atoms with Gasteiger partial charge in [-0.15, -0.1) is 0 Å². The lowest BCUT2D eigenvalue weighted by Gasteiger charge is -2.24. The third-order valence-corrected chi connectivity index (χ3v) is 8.41. The number of carbonyl (C=O) groups excluding carboxylic acids is 1. The number of halogens is 3. The third-order valence-electron chi connectivity index (χ3n) is 8.41. The molecule has 5 aromatic rings. The molecule has 0 saturated heterocycles. The van der Waals surface area contributed by atoms with Gasteiger partial charge in [-0.1, -0.05) is 62.0 Å². The highest BCUT2D eigenvalue weighted by Crippen LogP contribution is 2.33. The smallest absolute Gasteiger partial charge is 0.449 e. The summed E-state index contributed by atoms with van der Waals surface area (Å²) < 4.78 is 45.1. The number of nitrogens with zero attached hydrogens (tertiary/aromatic N) is 3. The minimum Gasteiger partial charge on any atom is -0.512 e. The van der Waals surface area contributed by atoms with Gasteiger partial charge in [-0.05, 0) is 86.2 Å². The second-order valence-corrected chi connectivity index (χ2v) is 12.0. The number of aromatic nitrogens is 2. The number of alkyl halides is 3. The van der Waals surface area contributed by atoms with Gasteiger partial charge in [0, 0.05) is 23.3 Å². The molecule has 0 aliphatic rings. The number of amides is 1. The quantitative estimate of drug-likeness (QED) is 0.165. The monoisotopic (exact) mass is 627 g/mol. The molecule has 0 radical (unpaired) electrons. The number of allylic oxidation sites excluding steroid dienone is 1. The number of furan rings is 1. The van der Waals surface area contributed by atoms with Crippen LogP contribution >= 0.6 is 0 Å². The van der Waals surface area contributed by atoms with Crippen molar-refractivity contribution < 1.29 is 27.5 Å². The van der Waals surface area contributed by atoms with Crippen LogP contribution in [0.3, 0.4) is 0 Å². The van der Waals surface area contributed by atoms with Crippen molar-refractivity contribution in [3.8, 4) is 11.1 Å². The number of aliphatic hydroxyl groups is 1. The Kier molecular flexibility index (Phi) is 8.80. The lowest BCUT2D eigenvalue weighted by atomic mass is 9.82. The minimum atomic E-state index is -4.64. The van der Waals surface area contributed by atoms with Crippen molar-refractivity contribution in [3.63, 3.8) is 0 Å². The fraction of sp³-hybridized carbons (Fsp3) is 0.270. The zero-order valence-electron chi connectivity index (χ0n) is 26.5. The van der Waals surface area contributed by atoms with Gasteiger partial charge in [-0.2, -0.15) is 13.2 Å². The molecule has 0 aliphatic heterocycles. The summed E-state index contributed by atoms with van der Waals surface area (Å²) in [6.07, 6.45) is -4.06. The molecule has 0 saturated carbocycles. The SMILES string of the molecule is C=C(O)C(C)(C)c1cccc(-c2ccc(CN(Cc3ccc(C(F)(F)F)o3)C(=O)c3cc(CC)nc4cc(C)c(C)nc34)cc2)c1. The first kappa shape index (κ1) is 32.5. The maximum Gasteiger partial charge on any atom is 0.449 e. The largest absolute Gasteiger partial charge is 0.512 e. The lowest BCUT2D eigenvalue weighted by molar-refractivity contribution is -0.153. The summed E-state index contributed by atoms with van der Waals surface area (Å²) in [6, 6.07) is 21.2. The van der Waals surface area contributed by atoms with Gasteiger partial charge in [-0.3, -0.25) is 14.8 Å². The van der Waals surface area contributed by atoms with E-state index < -0.39 is 23.3 Å². The number of rotatable bonds is 9. The Bertz CT molecular complexity index is 1920. The Hall–Kier alpha value is -4.92. The number of aliphatic hydroxyl groups excluding tert-OH is 1. The van der Waals surface area contributed by atoms with Crippen molar-refractivity contribution in [1.82, 2.24) is 14.9 Å². The van der Waals surface area contributed by atoms with Gasteiger partial charge in [-0.25, -0.2) is 0 Å². The highest BCUT2D eigenvalue weighted by molar-refractivity contribution is 6.04. The van der Waals surface area contributed by atoms with Crippen molar-refractivity contribution in [3.05, 3.63) is 130 Å². The molecule has 9 heteroatoms. The van der Waals surface area contributed by atoms with Crippen molar-refractivity contribution >= 4 is 16.9 Å². The van der Waals surface area contributed by atoms with E-state index in [2.05, 4.69) is 16.5 Å². The Morgan fingerprint density at radius 1 is 0.935 bits per heavy atom. The van der Waals surface area contributed by atoms with Gasteiger partial charge < -0.3 is 14.4 Å². The Morgan fingerprint density at radius 3 is 2.28 bits per heavy atom. The van der Waals surface area contributed by atoms with E-state index in [4.69, 9.17) is 4.42 Å². The number of carbonyl (C=O) groups is 1. The van der Waals surface area contributed by atoms with Crippen LogP contribution in [0.25, 0.3) is 22.2 Å². The highest BCUT2D eigenvalue weighted by atomic mass is 19.4. The summed E-state index contributed by atoms with van der Waals surface area (Å²) in [5.41, 5.74) is 6.67. The molecule has 46 heavy (non-hydrogen) atoms. The van der Waals surface area contributed by atoms with Crippen molar-refractivity contribution in [2.75, 3.05) is 0 Å². The molecule has 0 atom stereocenters. The van der Waals surface area contributed by atoms with Gasteiger partial charge in [0.05, 0.1) is 23.4 Å². The average molecular weight is 628 g/mol. The molecule has 0 bridgehead atoms. The summed E-state index contributed by atoms with van der Waals surface area (Å²) in [5, 5.41) is 10.1. The van der Waals surface area contributed by atoms with Crippen molar-refractivity contribution in [1.29, 1.82) is 0 Å². The lowest BCUT2D eigenvalue weighted by Crippen LogP contribution is -2.30. The van der Waals surface area contributed by atoms with Crippen LogP contribution in [-0.2, 0) is 31.1 Å². The van der Waals surface area contributed by atoms with E-state index in [1.165, 1.54) is 11.0 Å². The number of fused-ring (bicyclic) bond motifs is 1. The topological polar surface area (TPSA) is 79.5 Å². The number of hydrogen-bond acceptors (Lipinski definition) is 5. The summed E-state index contributed by atoms with van der Waals surface area (Å²) in [5.74, 6) is -1.44. The molecular formula is C37H36F3N3O3. The molecule has 1 N–H and O–H groups in total. The molecule has 0 spiro atoms. The molecule has 238 valence electrons. The van der Waals surface area contributed by atoms with Gasteiger partial charge >= 0.3 is 6.18 Å². The zero-order chi connectivity index (χ0) is 33.4. The van der Waals surface area contributed by atoms with Crippen LogP contribution < -0.4 is 0 Å². The molecule has 1 amide bonds. The summed E-state index contributed by atoms with van der Waals surface area (Å²) in [6.45, 7) is 13.1. The molecule has 5 rings (SSSR count). The van der Waals surface area contributed by atoms with Crippen LogP contribution in [0.2, 0.25) is 0 Å². The van der Waals surface area contributed by atoms with Crippen molar-refractivity contribution in [2.45, 2.75) is 65.7 Å². The van der Waals surface area contributed by atoms with Gasteiger partial charge in [0.1, 0.15) is 11.3 Å². The molecule has 3 aromatic heterocycles.